The zero-order valence-corrected chi connectivity index (χ0v) is 9.57. The van der Waals surface area contributed by atoms with E-state index in [1.165, 1.54) is 11.1 Å². The van der Waals surface area contributed by atoms with Crippen LogP contribution in [0.3, 0.4) is 0 Å². The number of hydrogen-bond donors (Lipinski definition) is 1. The fraction of sp³-hybridized carbons (Fsp3) is 0.231. The van der Waals surface area contributed by atoms with Crippen LogP contribution in [0.5, 0.6) is 0 Å². The highest BCUT2D eigenvalue weighted by molar-refractivity contribution is 5.64. The maximum absolute atomic E-state index is 5.57. The van der Waals surface area contributed by atoms with Crippen molar-refractivity contribution in [2.75, 3.05) is 0 Å². The van der Waals surface area contributed by atoms with E-state index in [0.29, 0.717) is 6.54 Å². The minimum absolute atomic E-state index is 0.445. The van der Waals surface area contributed by atoms with Crippen LogP contribution in [0.25, 0.3) is 11.3 Å². The molecule has 0 saturated heterocycles. The topological polar surface area (TPSA) is 51.8 Å². The first-order valence-corrected chi connectivity index (χ1v) is 5.29. The molecule has 3 heteroatoms. The zero-order valence-electron chi connectivity index (χ0n) is 9.57. The second kappa shape index (κ2) is 4.41. The number of nitrogens with two attached hydrogens (primary N) is 1. The van der Waals surface area contributed by atoms with Gasteiger partial charge in [-0.25, -0.2) is 9.97 Å². The van der Waals surface area contributed by atoms with Crippen LogP contribution in [-0.4, -0.2) is 9.97 Å². The average molecular weight is 213 g/mol. The molecule has 16 heavy (non-hydrogen) atoms. The van der Waals surface area contributed by atoms with Crippen molar-refractivity contribution in [3.05, 3.63) is 47.4 Å². The average Bonchev–Trinajstić information content (AvgIpc) is 2.32. The van der Waals surface area contributed by atoms with Crippen molar-refractivity contribution < 1.29 is 0 Å². The molecule has 82 valence electrons. The molecule has 0 aliphatic heterocycles. The Morgan fingerprint density at radius 1 is 1.12 bits per heavy atom. The molecule has 2 aromatic rings. The van der Waals surface area contributed by atoms with Crippen molar-refractivity contribution in [2.24, 2.45) is 5.73 Å². The van der Waals surface area contributed by atoms with E-state index in [1.54, 1.807) is 6.33 Å². The third kappa shape index (κ3) is 2.09. The minimum atomic E-state index is 0.445. The van der Waals surface area contributed by atoms with Gasteiger partial charge < -0.3 is 5.73 Å². The number of aromatic nitrogens is 2. The lowest BCUT2D eigenvalue weighted by Crippen LogP contribution is -2.00. The van der Waals surface area contributed by atoms with Crippen LogP contribution in [0.4, 0.5) is 0 Å². The van der Waals surface area contributed by atoms with Crippen molar-refractivity contribution >= 4 is 0 Å². The molecule has 0 fully saturated rings. The van der Waals surface area contributed by atoms with E-state index in [-0.39, 0.29) is 0 Å². The van der Waals surface area contributed by atoms with Crippen molar-refractivity contribution in [3.63, 3.8) is 0 Å². The molecular formula is C13H15N3. The summed E-state index contributed by atoms with van der Waals surface area (Å²) < 4.78 is 0. The van der Waals surface area contributed by atoms with Gasteiger partial charge in [0.1, 0.15) is 6.33 Å². The highest BCUT2D eigenvalue weighted by Crippen LogP contribution is 2.22. The van der Waals surface area contributed by atoms with Gasteiger partial charge in [-0.2, -0.15) is 0 Å². The molecular weight excluding hydrogens is 198 g/mol. The maximum atomic E-state index is 5.57. The first kappa shape index (κ1) is 10.8. The Hall–Kier alpha value is -1.74. The van der Waals surface area contributed by atoms with Gasteiger partial charge in [-0.15, -0.1) is 0 Å². The molecule has 0 aliphatic rings. The molecule has 0 saturated carbocycles. The SMILES string of the molecule is Cc1ccc(C)c(-c2cc(CN)ncn2)c1. The predicted molar refractivity (Wildman–Crippen MR) is 64.8 cm³/mol. The summed E-state index contributed by atoms with van der Waals surface area (Å²) in [6.07, 6.45) is 1.57. The van der Waals surface area contributed by atoms with Gasteiger partial charge in [0.2, 0.25) is 0 Å². The van der Waals surface area contributed by atoms with Crippen molar-refractivity contribution in [1.29, 1.82) is 0 Å². The summed E-state index contributed by atoms with van der Waals surface area (Å²) in [7, 11) is 0. The molecule has 0 radical (unpaired) electrons. The van der Waals surface area contributed by atoms with E-state index in [1.807, 2.05) is 6.07 Å². The summed E-state index contributed by atoms with van der Waals surface area (Å²) in [6.45, 7) is 4.60. The third-order valence-electron chi connectivity index (χ3n) is 2.60. The summed E-state index contributed by atoms with van der Waals surface area (Å²) in [5.41, 5.74) is 11.0. The number of rotatable bonds is 2. The Kier molecular flexibility index (Phi) is 2.97. The first-order chi connectivity index (χ1) is 7.70. The zero-order chi connectivity index (χ0) is 11.5. The molecule has 0 bridgehead atoms. The highest BCUT2D eigenvalue weighted by Gasteiger charge is 2.04. The highest BCUT2D eigenvalue weighted by atomic mass is 14.8. The fourth-order valence-electron chi connectivity index (χ4n) is 1.67. The number of nitrogens with zero attached hydrogens (tertiary/aromatic N) is 2. The first-order valence-electron chi connectivity index (χ1n) is 5.29. The van der Waals surface area contributed by atoms with Gasteiger partial charge in [0.15, 0.2) is 0 Å². The van der Waals surface area contributed by atoms with Crippen LogP contribution >= 0.6 is 0 Å². The Labute approximate surface area is 95.4 Å². The molecule has 0 amide bonds. The molecule has 0 spiro atoms. The van der Waals surface area contributed by atoms with E-state index in [9.17, 15) is 0 Å². The summed E-state index contributed by atoms with van der Waals surface area (Å²) in [6, 6.07) is 8.29. The smallest absolute Gasteiger partial charge is 0.116 e. The Balaban J connectivity index is 2.53. The van der Waals surface area contributed by atoms with Crippen molar-refractivity contribution in [1.82, 2.24) is 9.97 Å². The van der Waals surface area contributed by atoms with E-state index in [4.69, 9.17) is 5.73 Å². The van der Waals surface area contributed by atoms with E-state index < -0.39 is 0 Å². The molecule has 0 atom stereocenters. The number of hydrogen-bond acceptors (Lipinski definition) is 3. The van der Waals surface area contributed by atoms with Crippen LogP contribution in [-0.2, 0) is 6.54 Å². The molecule has 3 nitrogen and oxygen atoms in total. The van der Waals surface area contributed by atoms with Gasteiger partial charge in [0, 0.05) is 12.1 Å². The number of aryl methyl sites for hydroxylation is 2. The second-order valence-electron chi connectivity index (χ2n) is 3.92. The molecule has 2 N–H and O–H groups in total. The second-order valence-corrected chi connectivity index (χ2v) is 3.92. The van der Waals surface area contributed by atoms with E-state index in [0.717, 1.165) is 17.0 Å². The normalized spacial score (nSPS) is 10.4. The quantitative estimate of drug-likeness (QED) is 0.832. The maximum Gasteiger partial charge on any atom is 0.116 e. The lowest BCUT2D eigenvalue weighted by molar-refractivity contribution is 0.966. The minimum Gasteiger partial charge on any atom is -0.325 e. The van der Waals surface area contributed by atoms with Crippen molar-refractivity contribution in [3.8, 4) is 11.3 Å². The molecule has 1 aromatic heterocycles. The standard InChI is InChI=1S/C13H15N3/c1-9-3-4-10(2)12(5-9)13-6-11(7-14)15-8-16-13/h3-6,8H,7,14H2,1-2H3. The van der Waals surface area contributed by atoms with Crippen LogP contribution in [0.2, 0.25) is 0 Å². The molecule has 2 rings (SSSR count). The van der Waals surface area contributed by atoms with Gasteiger partial charge in [-0.05, 0) is 31.5 Å². The molecule has 1 heterocycles. The summed E-state index contributed by atoms with van der Waals surface area (Å²) in [4.78, 5) is 8.39. The van der Waals surface area contributed by atoms with E-state index >= 15 is 0 Å². The van der Waals surface area contributed by atoms with Crippen LogP contribution in [0.15, 0.2) is 30.6 Å². The molecule has 1 aromatic carbocycles. The van der Waals surface area contributed by atoms with Crippen LogP contribution in [0, 0.1) is 13.8 Å². The Morgan fingerprint density at radius 2 is 1.94 bits per heavy atom. The van der Waals surface area contributed by atoms with Crippen molar-refractivity contribution in [2.45, 2.75) is 20.4 Å². The Morgan fingerprint density at radius 3 is 2.69 bits per heavy atom. The Bertz CT molecular complexity index is 506. The number of benzene rings is 1. The van der Waals surface area contributed by atoms with Crippen LogP contribution < -0.4 is 5.73 Å². The summed E-state index contributed by atoms with van der Waals surface area (Å²) in [5, 5.41) is 0. The molecule has 0 unspecified atom stereocenters. The summed E-state index contributed by atoms with van der Waals surface area (Å²) >= 11 is 0. The van der Waals surface area contributed by atoms with Crippen LogP contribution in [0.1, 0.15) is 16.8 Å². The van der Waals surface area contributed by atoms with E-state index in [2.05, 4.69) is 42.0 Å². The molecule has 0 aliphatic carbocycles. The fourth-order valence-corrected chi connectivity index (χ4v) is 1.67. The van der Waals surface area contributed by atoms with Gasteiger partial charge >= 0.3 is 0 Å². The third-order valence-corrected chi connectivity index (χ3v) is 2.60. The summed E-state index contributed by atoms with van der Waals surface area (Å²) in [5.74, 6) is 0. The van der Waals surface area contributed by atoms with Gasteiger partial charge in [0.05, 0.1) is 11.4 Å². The van der Waals surface area contributed by atoms with Gasteiger partial charge in [-0.1, -0.05) is 17.7 Å². The lowest BCUT2D eigenvalue weighted by atomic mass is 10.0. The largest absolute Gasteiger partial charge is 0.325 e. The predicted octanol–water partition coefficient (Wildman–Crippen LogP) is 2.22. The monoisotopic (exact) mass is 213 g/mol. The van der Waals surface area contributed by atoms with Gasteiger partial charge in [-0.3, -0.25) is 0 Å². The van der Waals surface area contributed by atoms with Gasteiger partial charge in [0.25, 0.3) is 0 Å². The lowest BCUT2D eigenvalue weighted by Gasteiger charge is -2.07.